The molecule has 32 heavy (non-hydrogen) atoms. The number of hydrogen-bond acceptors (Lipinski definition) is 9. The number of carbonyl (C=O) groups excluding carboxylic acids is 2. The van der Waals surface area contributed by atoms with Crippen LogP contribution < -0.4 is 10.2 Å². The predicted molar refractivity (Wildman–Crippen MR) is 125 cm³/mol. The zero-order valence-corrected chi connectivity index (χ0v) is 18.9. The van der Waals surface area contributed by atoms with Crippen molar-refractivity contribution in [3.05, 3.63) is 64.1 Å². The average molecular weight is 452 g/mol. The van der Waals surface area contributed by atoms with Crippen LogP contribution in [0.3, 0.4) is 0 Å². The second-order valence-corrected chi connectivity index (χ2v) is 8.26. The maximum absolute atomic E-state index is 13.0. The topological polar surface area (TPSA) is 87.7 Å². The monoisotopic (exact) mass is 451 g/mol. The molecule has 1 aliphatic heterocycles. The van der Waals surface area contributed by atoms with Crippen LogP contribution in [0.1, 0.15) is 33.3 Å². The molecule has 0 bridgehead atoms. The van der Waals surface area contributed by atoms with Gasteiger partial charge in [-0.05, 0) is 49.7 Å². The first-order valence-corrected chi connectivity index (χ1v) is 11.4. The number of carbonyl (C=O) groups is 2. The number of nitrogens with one attached hydrogen (secondary N) is 1. The summed E-state index contributed by atoms with van der Waals surface area (Å²) in [6.45, 7) is 5.99. The van der Waals surface area contributed by atoms with Gasteiger partial charge in [-0.2, -0.15) is 11.3 Å². The summed E-state index contributed by atoms with van der Waals surface area (Å²) in [7, 11) is 2.13. The molecule has 4 rings (SSSR count). The van der Waals surface area contributed by atoms with Crippen LogP contribution in [0.4, 0.5) is 17.3 Å². The quantitative estimate of drug-likeness (QED) is 0.432. The third kappa shape index (κ3) is 4.95. The van der Waals surface area contributed by atoms with Gasteiger partial charge < -0.3 is 19.9 Å². The van der Waals surface area contributed by atoms with Crippen LogP contribution in [0.25, 0.3) is 0 Å². The van der Waals surface area contributed by atoms with Crippen molar-refractivity contribution in [2.75, 3.05) is 50.1 Å². The number of esters is 1. The maximum Gasteiger partial charge on any atom is 0.342 e. The second kappa shape index (κ2) is 9.88. The fourth-order valence-corrected chi connectivity index (χ4v) is 4.09. The van der Waals surface area contributed by atoms with Crippen LogP contribution >= 0.6 is 11.3 Å². The first kappa shape index (κ1) is 21.9. The van der Waals surface area contributed by atoms with E-state index in [-0.39, 0.29) is 29.6 Å². The minimum absolute atomic E-state index is 0.0217. The Kier molecular flexibility index (Phi) is 6.77. The van der Waals surface area contributed by atoms with Gasteiger partial charge in [0.25, 0.3) is 0 Å². The molecule has 3 aromatic rings. The Morgan fingerprint density at radius 3 is 2.53 bits per heavy atom. The van der Waals surface area contributed by atoms with Gasteiger partial charge in [-0.15, -0.1) is 0 Å². The summed E-state index contributed by atoms with van der Waals surface area (Å²) >= 11 is 1.40. The number of rotatable bonds is 7. The Labute approximate surface area is 190 Å². The summed E-state index contributed by atoms with van der Waals surface area (Å²) in [5.74, 6) is -0.719. The number of benzene rings is 1. The Balaban J connectivity index is 1.55. The van der Waals surface area contributed by atoms with Crippen molar-refractivity contribution >= 4 is 40.4 Å². The Bertz CT molecular complexity index is 1080. The van der Waals surface area contributed by atoms with Crippen LogP contribution in [0.5, 0.6) is 0 Å². The van der Waals surface area contributed by atoms with Gasteiger partial charge in [-0.25, -0.2) is 14.8 Å². The first-order chi connectivity index (χ1) is 15.5. The molecule has 0 amide bonds. The molecule has 1 N–H and O–H groups in total. The predicted octanol–water partition coefficient (Wildman–Crippen LogP) is 3.44. The highest BCUT2D eigenvalue weighted by Gasteiger charge is 2.23. The lowest BCUT2D eigenvalue weighted by molar-refractivity contribution is 0.0522. The molecular formula is C23H25N5O3S. The molecule has 1 saturated heterocycles. The number of hydrogen-bond donors (Lipinski definition) is 1. The number of likely N-dealkylation sites (N-methyl/N-ethyl adjacent to an activating group) is 1. The third-order valence-corrected chi connectivity index (χ3v) is 5.96. The van der Waals surface area contributed by atoms with Crippen molar-refractivity contribution < 1.29 is 14.3 Å². The SMILES string of the molecule is CCOC(=O)c1cnc(Nc2ccc(N3CCN(C)CC3)cc2)nc1C(=O)c1ccsc1. The van der Waals surface area contributed by atoms with Crippen LogP contribution in [0.2, 0.25) is 0 Å². The van der Waals surface area contributed by atoms with Gasteiger partial charge >= 0.3 is 5.97 Å². The number of thiophene rings is 1. The van der Waals surface area contributed by atoms with Gasteiger partial charge in [0, 0.05) is 54.7 Å². The fourth-order valence-electron chi connectivity index (χ4n) is 3.45. The van der Waals surface area contributed by atoms with Gasteiger partial charge in [0.15, 0.2) is 0 Å². The minimum atomic E-state index is -0.617. The highest BCUT2D eigenvalue weighted by Crippen LogP contribution is 2.22. The summed E-state index contributed by atoms with van der Waals surface area (Å²) in [6.07, 6.45) is 1.34. The molecule has 166 valence electrons. The summed E-state index contributed by atoms with van der Waals surface area (Å²) in [6, 6.07) is 9.72. The number of nitrogens with zero attached hydrogens (tertiary/aromatic N) is 4. The van der Waals surface area contributed by atoms with Crippen LogP contribution in [0, 0.1) is 0 Å². The molecule has 1 fully saturated rings. The van der Waals surface area contributed by atoms with E-state index < -0.39 is 5.97 Å². The molecule has 2 aromatic heterocycles. The Hall–Kier alpha value is -3.30. The average Bonchev–Trinajstić information content (AvgIpc) is 3.35. The molecule has 1 aromatic carbocycles. The summed E-state index contributed by atoms with van der Waals surface area (Å²) < 4.78 is 5.08. The highest BCUT2D eigenvalue weighted by molar-refractivity contribution is 7.08. The Morgan fingerprint density at radius 2 is 1.88 bits per heavy atom. The number of anilines is 3. The molecular weight excluding hydrogens is 426 g/mol. The number of ether oxygens (including phenoxy) is 1. The van der Waals surface area contributed by atoms with E-state index in [9.17, 15) is 9.59 Å². The Morgan fingerprint density at radius 1 is 1.12 bits per heavy atom. The van der Waals surface area contributed by atoms with E-state index in [1.807, 2.05) is 12.1 Å². The van der Waals surface area contributed by atoms with Crippen LogP contribution in [-0.4, -0.2) is 66.5 Å². The molecule has 3 heterocycles. The van der Waals surface area contributed by atoms with Crippen molar-refractivity contribution in [1.29, 1.82) is 0 Å². The van der Waals surface area contributed by atoms with E-state index in [2.05, 4.69) is 44.3 Å². The third-order valence-electron chi connectivity index (χ3n) is 5.27. The van der Waals surface area contributed by atoms with Gasteiger partial charge in [0.05, 0.1) is 6.61 Å². The molecule has 0 radical (unpaired) electrons. The van der Waals surface area contributed by atoms with Crippen molar-refractivity contribution in [2.24, 2.45) is 0 Å². The normalized spacial score (nSPS) is 14.2. The first-order valence-electron chi connectivity index (χ1n) is 10.5. The van der Waals surface area contributed by atoms with E-state index in [0.29, 0.717) is 5.56 Å². The van der Waals surface area contributed by atoms with Gasteiger partial charge in [0.2, 0.25) is 11.7 Å². The van der Waals surface area contributed by atoms with Crippen LogP contribution in [-0.2, 0) is 4.74 Å². The lowest BCUT2D eigenvalue weighted by Gasteiger charge is -2.34. The van der Waals surface area contributed by atoms with Crippen molar-refractivity contribution in [2.45, 2.75) is 6.92 Å². The maximum atomic E-state index is 13.0. The molecule has 9 heteroatoms. The molecule has 8 nitrogen and oxygen atoms in total. The smallest absolute Gasteiger partial charge is 0.342 e. The number of ketones is 1. The fraction of sp³-hybridized carbons (Fsp3) is 0.304. The molecule has 0 unspecified atom stereocenters. The van der Waals surface area contributed by atoms with Crippen LogP contribution in [0.15, 0.2) is 47.3 Å². The lowest BCUT2D eigenvalue weighted by atomic mass is 10.1. The zero-order chi connectivity index (χ0) is 22.5. The van der Waals surface area contributed by atoms with Crippen molar-refractivity contribution in [3.63, 3.8) is 0 Å². The minimum Gasteiger partial charge on any atom is -0.462 e. The molecule has 0 spiro atoms. The largest absolute Gasteiger partial charge is 0.462 e. The molecule has 1 aliphatic rings. The van der Waals surface area contributed by atoms with Crippen molar-refractivity contribution in [3.8, 4) is 0 Å². The van der Waals surface area contributed by atoms with E-state index in [1.54, 1.807) is 23.8 Å². The highest BCUT2D eigenvalue weighted by atomic mass is 32.1. The van der Waals surface area contributed by atoms with Crippen molar-refractivity contribution in [1.82, 2.24) is 14.9 Å². The van der Waals surface area contributed by atoms with E-state index in [0.717, 1.165) is 37.6 Å². The summed E-state index contributed by atoms with van der Waals surface area (Å²) in [4.78, 5) is 38.6. The lowest BCUT2D eigenvalue weighted by Crippen LogP contribution is -2.44. The van der Waals surface area contributed by atoms with E-state index in [4.69, 9.17) is 4.74 Å². The van der Waals surface area contributed by atoms with Gasteiger partial charge in [-0.3, -0.25) is 4.79 Å². The zero-order valence-electron chi connectivity index (χ0n) is 18.1. The second-order valence-electron chi connectivity index (χ2n) is 7.48. The standard InChI is InChI=1S/C23H25N5O3S/c1-3-31-22(30)19-14-24-23(26-20(19)21(29)16-8-13-32-15-16)25-17-4-6-18(7-5-17)28-11-9-27(2)10-12-28/h4-8,13-15H,3,9-12H2,1-2H3,(H,24,25,26). The van der Waals surface area contributed by atoms with Gasteiger partial charge in [-0.1, -0.05) is 0 Å². The summed E-state index contributed by atoms with van der Waals surface area (Å²) in [5.41, 5.74) is 2.50. The van der Waals surface area contributed by atoms with Gasteiger partial charge in [0.1, 0.15) is 11.3 Å². The molecule has 0 atom stereocenters. The molecule has 0 aliphatic carbocycles. The summed E-state index contributed by atoms with van der Waals surface area (Å²) in [5, 5.41) is 6.66. The van der Waals surface area contributed by atoms with E-state index in [1.165, 1.54) is 17.5 Å². The van der Waals surface area contributed by atoms with E-state index >= 15 is 0 Å². The molecule has 0 saturated carbocycles. The number of piperazine rings is 1. The number of aromatic nitrogens is 2.